The summed E-state index contributed by atoms with van der Waals surface area (Å²) in [6, 6.07) is 21.5. The van der Waals surface area contributed by atoms with Crippen LogP contribution in [0.4, 0.5) is 13.2 Å². The number of ether oxygens (including phenoxy) is 2. The molecule has 3 aromatic rings. The molecule has 0 aliphatic carbocycles. The minimum absolute atomic E-state index is 0.112. The minimum atomic E-state index is -4.45. The second kappa shape index (κ2) is 8.70. The summed E-state index contributed by atoms with van der Waals surface area (Å²) in [6.07, 6.45) is -4.34. The second-order valence-electron chi connectivity index (χ2n) is 7.29. The summed E-state index contributed by atoms with van der Waals surface area (Å²) >= 11 is 5.91. The number of hydrogen-bond acceptors (Lipinski definition) is 2. The summed E-state index contributed by atoms with van der Waals surface area (Å²) < 4.78 is 53.8. The molecule has 1 aliphatic rings. The van der Waals surface area contributed by atoms with Gasteiger partial charge in [-0.05, 0) is 41.0 Å². The molecule has 0 N–H and O–H groups in total. The lowest BCUT2D eigenvalue weighted by Crippen LogP contribution is -2.28. The Morgan fingerprint density at radius 1 is 0.867 bits per heavy atom. The number of alkyl halides is 3. The molecule has 1 fully saturated rings. The summed E-state index contributed by atoms with van der Waals surface area (Å²) in [5.41, 5.74) is 1.33. The predicted octanol–water partition coefficient (Wildman–Crippen LogP) is 6.60. The van der Waals surface area contributed by atoms with E-state index in [1.165, 1.54) is 24.3 Å². The maximum Gasteiger partial charge on any atom is 0.396 e. The van der Waals surface area contributed by atoms with Crippen molar-refractivity contribution in [3.8, 4) is 5.75 Å². The van der Waals surface area contributed by atoms with Crippen LogP contribution in [0.2, 0.25) is 5.02 Å². The van der Waals surface area contributed by atoms with E-state index < -0.39 is 18.0 Å². The van der Waals surface area contributed by atoms with Crippen LogP contribution in [-0.4, -0.2) is 25.5 Å². The molecular formula is C24H20ClF3O2. The Morgan fingerprint density at radius 2 is 1.43 bits per heavy atom. The minimum Gasteiger partial charge on any atom is -0.491 e. The van der Waals surface area contributed by atoms with Crippen molar-refractivity contribution in [1.29, 1.82) is 0 Å². The van der Waals surface area contributed by atoms with Crippen LogP contribution in [0.3, 0.4) is 0 Å². The van der Waals surface area contributed by atoms with Crippen LogP contribution in [0.5, 0.6) is 5.75 Å². The molecule has 0 amide bonds. The lowest BCUT2D eigenvalue weighted by atomic mass is 9.76. The van der Waals surface area contributed by atoms with E-state index in [1.54, 1.807) is 54.6 Å². The van der Waals surface area contributed by atoms with Gasteiger partial charge in [0.2, 0.25) is 0 Å². The highest BCUT2D eigenvalue weighted by atomic mass is 35.5. The molecule has 1 saturated heterocycles. The van der Waals surface area contributed by atoms with Crippen molar-refractivity contribution >= 4 is 11.6 Å². The molecule has 0 saturated carbocycles. The third-order valence-corrected chi connectivity index (χ3v) is 5.40. The molecule has 2 nitrogen and oxygen atoms in total. The van der Waals surface area contributed by atoms with Gasteiger partial charge in [0.05, 0.1) is 12.5 Å². The second-order valence-corrected chi connectivity index (χ2v) is 7.73. The Hall–Kier alpha value is -2.50. The monoisotopic (exact) mass is 432 g/mol. The van der Waals surface area contributed by atoms with Gasteiger partial charge in [-0.2, -0.15) is 13.2 Å². The standard InChI is InChI=1S/C24H20ClF3O2/c25-19-10-6-18(7-11-19)23(24(26,27)28)22(16-4-2-1-3-5-16)17-8-12-20(13-9-17)29-14-21-15-30-21/h1-13,21-23H,14-15H2. The van der Waals surface area contributed by atoms with E-state index in [2.05, 4.69) is 0 Å². The van der Waals surface area contributed by atoms with Gasteiger partial charge >= 0.3 is 6.18 Å². The number of benzene rings is 3. The summed E-state index contributed by atoms with van der Waals surface area (Å²) in [6.45, 7) is 1.12. The Bertz CT molecular complexity index is 952. The molecule has 0 aromatic heterocycles. The molecule has 0 radical (unpaired) electrons. The van der Waals surface area contributed by atoms with Crippen LogP contribution >= 0.6 is 11.6 Å². The maximum absolute atomic E-state index is 14.4. The molecule has 156 valence electrons. The van der Waals surface area contributed by atoms with Crippen molar-refractivity contribution < 1.29 is 22.6 Å². The Labute approximate surface area is 178 Å². The maximum atomic E-state index is 14.4. The SMILES string of the molecule is FC(F)(F)C(c1ccc(Cl)cc1)C(c1ccccc1)c1ccc(OCC2CO2)cc1. The van der Waals surface area contributed by atoms with E-state index in [-0.39, 0.29) is 11.7 Å². The lowest BCUT2D eigenvalue weighted by Gasteiger charge is -2.30. The van der Waals surface area contributed by atoms with Crippen LogP contribution in [-0.2, 0) is 4.74 Å². The summed E-state index contributed by atoms with van der Waals surface area (Å²) in [5, 5.41) is 0.400. The fourth-order valence-corrected chi connectivity index (χ4v) is 3.73. The Balaban J connectivity index is 1.73. The molecule has 4 rings (SSSR count). The Morgan fingerprint density at radius 3 is 2.00 bits per heavy atom. The highest BCUT2D eigenvalue weighted by molar-refractivity contribution is 6.30. The van der Waals surface area contributed by atoms with Crippen LogP contribution < -0.4 is 4.74 Å². The molecule has 3 atom stereocenters. The lowest BCUT2D eigenvalue weighted by molar-refractivity contribution is -0.153. The molecule has 1 aliphatic heterocycles. The molecule has 0 spiro atoms. The number of hydrogen-bond donors (Lipinski definition) is 0. The molecule has 0 bridgehead atoms. The van der Waals surface area contributed by atoms with E-state index in [4.69, 9.17) is 21.1 Å². The summed E-state index contributed by atoms with van der Waals surface area (Å²) in [5.74, 6) is -2.02. The van der Waals surface area contributed by atoms with Gasteiger partial charge < -0.3 is 9.47 Å². The number of epoxide rings is 1. The molecular weight excluding hydrogens is 413 g/mol. The van der Waals surface area contributed by atoms with E-state index in [1.807, 2.05) is 0 Å². The Kier molecular flexibility index (Phi) is 6.02. The third-order valence-electron chi connectivity index (χ3n) is 5.15. The first-order valence-corrected chi connectivity index (χ1v) is 10.0. The van der Waals surface area contributed by atoms with Crippen molar-refractivity contribution in [3.05, 3.63) is 101 Å². The average molecular weight is 433 g/mol. The molecule has 30 heavy (non-hydrogen) atoms. The zero-order valence-corrected chi connectivity index (χ0v) is 16.7. The molecule has 6 heteroatoms. The first-order chi connectivity index (χ1) is 14.4. The zero-order chi connectivity index (χ0) is 21.1. The largest absolute Gasteiger partial charge is 0.491 e. The highest BCUT2D eigenvalue weighted by Gasteiger charge is 2.46. The van der Waals surface area contributed by atoms with Crippen molar-refractivity contribution in [3.63, 3.8) is 0 Å². The smallest absolute Gasteiger partial charge is 0.396 e. The highest BCUT2D eigenvalue weighted by Crippen LogP contribution is 2.48. The number of halogens is 4. The molecule has 3 unspecified atom stereocenters. The van der Waals surface area contributed by atoms with Gasteiger partial charge in [0.25, 0.3) is 0 Å². The first-order valence-electron chi connectivity index (χ1n) is 9.63. The number of rotatable bonds is 7. The van der Waals surface area contributed by atoms with Gasteiger partial charge in [0.1, 0.15) is 18.5 Å². The van der Waals surface area contributed by atoms with Crippen molar-refractivity contribution in [2.45, 2.75) is 24.1 Å². The van der Waals surface area contributed by atoms with E-state index in [9.17, 15) is 13.2 Å². The zero-order valence-electron chi connectivity index (χ0n) is 16.0. The molecule has 1 heterocycles. The van der Waals surface area contributed by atoms with Crippen molar-refractivity contribution in [1.82, 2.24) is 0 Å². The predicted molar refractivity (Wildman–Crippen MR) is 110 cm³/mol. The van der Waals surface area contributed by atoms with Gasteiger partial charge in [-0.1, -0.05) is 66.2 Å². The van der Waals surface area contributed by atoms with Gasteiger partial charge in [-0.25, -0.2) is 0 Å². The normalized spacial score (nSPS) is 17.9. The topological polar surface area (TPSA) is 21.8 Å². The van der Waals surface area contributed by atoms with E-state index in [0.29, 0.717) is 35.1 Å². The summed E-state index contributed by atoms with van der Waals surface area (Å²) in [4.78, 5) is 0. The van der Waals surface area contributed by atoms with Gasteiger partial charge in [-0.3, -0.25) is 0 Å². The van der Waals surface area contributed by atoms with Crippen molar-refractivity contribution in [2.24, 2.45) is 0 Å². The van der Waals surface area contributed by atoms with Crippen LogP contribution in [0.1, 0.15) is 28.5 Å². The fraction of sp³-hybridized carbons (Fsp3) is 0.250. The van der Waals surface area contributed by atoms with Crippen LogP contribution in [0, 0.1) is 0 Å². The third kappa shape index (κ3) is 4.97. The quantitative estimate of drug-likeness (QED) is 0.392. The van der Waals surface area contributed by atoms with Crippen LogP contribution in [0.15, 0.2) is 78.9 Å². The average Bonchev–Trinajstić information content (AvgIpc) is 3.56. The van der Waals surface area contributed by atoms with Crippen LogP contribution in [0.25, 0.3) is 0 Å². The molecule has 3 aromatic carbocycles. The van der Waals surface area contributed by atoms with E-state index >= 15 is 0 Å². The van der Waals surface area contributed by atoms with E-state index in [0.717, 1.165) is 0 Å². The van der Waals surface area contributed by atoms with Gasteiger partial charge in [0, 0.05) is 10.9 Å². The van der Waals surface area contributed by atoms with Gasteiger partial charge in [0.15, 0.2) is 0 Å². The first kappa shape index (κ1) is 20.8. The van der Waals surface area contributed by atoms with Crippen molar-refractivity contribution in [2.75, 3.05) is 13.2 Å². The summed E-state index contributed by atoms with van der Waals surface area (Å²) in [7, 11) is 0. The fourth-order valence-electron chi connectivity index (χ4n) is 3.60. The van der Waals surface area contributed by atoms with Gasteiger partial charge in [-0.15, -0.1) is 0 Å².